The number of nitrogens with one attached hydrogen (secondary N) is 3. The van der Waals surface area contributed by atoms with Gasteiger partial charge in [-0.25, -0.2) is 0 Å². The van der Waals surface area contributed by atoms with E-state index in [4.69, 9.17) is 4.74 Å². The number of ether oxygens (including phenoxy) is 1. The van der Waals surface area contributed by atoms with Crippen molar-refractivity contribution in [2.24, 2.45) is 10.9 Å². The van der Waals surface area contributed by atoms with Crippen LogP contribution < -0.4 is 16.0 Å². The molecular weight excluding hydrogens is 368 g/mol. The van der Waals surface area contributed by atoms with Crippen molar-refractivity contribution in [3.05, 3.63) is 0 Å². The Balaban J connectivity index is 1.60. The van der Waals surface area contributed by atoms with Gasteiger partial charge in [0, 0.05) is 52.9 Å². The van der Waals surface area contributed by atoms with Crippen molar-refractivity contribution in [3.63, 3.8) is 0 Å². The minimum Gasteiger partial charge on any atom is -0.383 e. The maximum absolute atomic E-state index is 11.9. The lowest BCUT2D eigenvalue weighted by Gasteiger charge is -2.34. The number of methoxy groups -OCH3 is 1. The van der Waals surface area contributed by atoms with Gasteiger partial charge < -0.3 is 25.6 Å². The number of rotatable bonds is 10. The number of amides is 1. The molecule has 0 radical (unpaired) electrons. The summed E-state index contributed by atoms with van der Waals surface area (Å²) < 4.78 is 5.18. The molecule has 8 heteroatoms. The summed E-state index contributed by atoms with van der Waals surface area (Å²) in [7, 11) is 3.61. The van der Waals surface area contributed by atoms with Gasteiger partial charge in [-0.3, -0.25) is 14.7 Å². The van der Waals surface area contributed by atoms with Crippen molar-refractivity contribution in [2.75, 3.05) is 73.1 Å². The Morgan fingerprint density at radius 3 is 2.38 bits per heavy atom. The van der Waals surface area contributed by atoms with E-state index in [1.54, 1.807) is 7.11 Å². The fourth-order valence-electron chi connectivity index (χ4n) is 4.02. The van der Waals surface area contributed by atoms with E-state index in [0.29, 0.717) is 18.5 Å². The summed E-state index contributed by atoms with van der Waals surface area (Å²) in [6, 6.07) is 0.423. The number of carbonyl (C=O) groups excluding carboxylic acids is 1. The quantitative estimate of drug-likeness (QED) is 0.359. The molecule has 2 aliphatic rings. The molecule has 2 rings (SSSR count). The number of aliphatic imine (C=N–C) groups is 1. The van der Waals surface area contributed by atoms with E-state index in [-0.39, 0.29) is 5.91 Å². The van der Waals surface area contributed by atoms with E-state index in [9.17, 15) is 4.79 Å². The molecule has 0 aromatic carbocycles. The Morgan fingerprint density at radius 1 is 1.07 bits per heavy atom. The van der Waals surface area contributed by atoms with Gasteiger partial charge in [-0.2, -0.15) is 0 Å². The molecule has 2 saturated heterocycles. The molecule has 8 nitrogen and oxygen atoms in total. The molecule has 1 amide bonds. The van der Waals surface area contributed by atoms with Gasteiger partial charge in [0.05, 0.1) is 13.2 Å². The van der Waals surface area contributed by atoms with Crippen LogP contribution in [0.2, 0.25) is 0 Å². The lowest BCUT2D eigenvalue weighted by atomic mass is 9.97. The minimum atomic E-state index is 0.143. The Hall–Kier alpha value is -1.38. The van der Waals surface area contributed by atoms with E-state index in [1.165, 1.54) is 12.8 Å². The van der Waals surface area contributed by atoms with Crippen LogP contribution in [0.1, 0.15) is 39.0 Å². The van der Waals surface area contributed by atoms with Gasteiger partial charge in [-0.1, -0.05) is 6.92 Å². The van der Waals surface area contributed by atoms with Crippen molar-refractivity contribution >= 4 is 11.9 Å². The van der Waals surface area contributed by atoms with Crippen LogP contribution in [0.3, 0.4) is 0 Å². The molecule has 0 aliphatic carbocycles. The third kappa shape index (κ3) is 9.31. The highest BCUT2D eigenvalue weighted by atomic mass is 16.5. The van der Waals surface area contributed by atoms with Crippen molar-refractivity contribution in [3.8, 4) is 0 Å². The predicted molar refractivity (Wildman–Crippen MR) is 118 cm³/mol. The van der Waals surface area contributed by atoms with Gasteiger partial charge in [0.15, 0.2) is 5.96 Å². The number of carbonyl (C=O) groups is 1. The molecule has 0 spiro atoms. The van der Waals surface area contributed by atoms with Crippen LogP contribution >= 0.6 is 0 Å². The smallest absolute Gasteiger partial charge is 0.234 e. The Labute approximate surface area is 176 Å². The largest absolute Gasteiger partial charge is 0.383 e. The zero-order valence-corrected chi connectivity index (χ0v) is 18.7. The molecular formula is C21H42N6O2. The highest BCUT2D eigenvalue weighted by Gasteiger charge is 2.22. The van der Waals surface area contributed by atoms with E-state index >= 15 is 0 Å². The zero-order chi connectivity index (χ0) is 20.9. The number of hydrogen-bond donors (Lipinski definition) is 3. The first-order valence-electron chi connectivity index (χ1n) is 11.3. The number of guanidine groups is 1. The number of piperidine rings is 2. The van der Waals surface area contributed by atoms with Crippen LogP contribution in [0.25, 0.3) is 0 Å². The lowest BCUT2D eigenvalue weighted by Crippen LogP contribution is -2.51. The third-order valence-electron chi connectivity index (χ3n) is 5.97. The lowest BCUT2D eigenvalue weighted by molar-refractivity contribution is -0.122. The van der Waals surface area contributed by atoms with Gasteiger partial charge in [0.1, 0.15) is 0 Å². The summed E-state index contributed by atoms with van der Waals surface area (Å²) in [6.45, 7) is 10.4. The second kappa shape index (κ2) is 13.8. The standard InChI is InChI=1S/C21H42N6O2/c1-4-9-23-20(28)17-27-12-7-19(8-13-27)25-21(22-2)24-16-18-5-10-26(11-6-18)14-15-29-3/h18-19H,4-17H2,1-3H3,(H,23,28)(H2,22,24,25). The average Bonchev–Trinajstić information content (AvgIpc) is 2.75. The van der Waals surface area contributed by atoms with Gasteiger partial charge in [0.2, 0.25) is 5.91 Å². The van der Waals surface area contributed by atoms with Gasteiger partial charge in [-0.15, -0.1) is 0 Å². The Kier molecular flexibility index (Phi) is 11.3. The van der Waals surface area contributed by atoms with Gasteiger partial charge in [0.25, 0.3) is 0 Å². The molecule has 0 aromatic heterocycles. The minimum absolute atomic E-state index is 0.143. The fraction of sp³-hybridized carbons (Fsp3) is 0.905. The van der Waals surface area contributed by atoms with E-state index < -0.39 is 0 Å². The maximum atomic E-state index is 11.9. The summed E-state index contributed by atoms with van der Waals surface area (Å²) >= 11 is 0. The topological polar surface area (TPSA) is 81.2 Å². The first kappa shape index (κ1) is 23.9. The van der Waals surface area contributed by atoms with E-state index in [1.807, 2.05) is 7.05 Å². The predicted octanol–water partition coefficient (Wildman–Crippen LogP) is 0.500. The molecule has 2 heterocycles. The molecule has 0 saturated carbocycles. The molecule has 29 heavy (non-hydrogen) atoms. The average molecular weight is 411 g/mol. The van der Waals surface area contributed by atoms with Gasteiger partial charge in [-0.05, 0) is 51.1 Å². The Morgan fingerprint density at radius 2 is 1.76 bits per heavy atom. The van der Waals surface area contributed by atoms with Crippen molar-refractivity contribution in [1.82, 2.24) is 25.8 Å². The number of likely N-dealkylation sites (tertiary alicyclic amines) is 2. The maximum Gasteiger partial charge on any atom is 0.234 e. The molecule has 0 unspecified atom stereocenters. The SMILES string of the molecule is CCCNC(=O)CN1CCC(NC(=NC)NCC2CCN(CCOC)CC2)CC1. The van der Waals surface area contributed by atoms with Crippen LogP contribution in [-0.4, -0.2) is 101 Å². The monoisotopic (exact) mass is 410 g/mol. The highest BCUT2D eigenvalue weighted by molar-refractivity contribution is 5.80. The summed E-state index contributed by atoms with van der Waals surface area (Å²) in [5.41, 5.74) is 0. The van der Waals surface area contributed by atoms with Crippen LogP contribution in [0, 0.1) is 5.92 Å². The molecule has 2 aliphatic heterocycles. The summed E-state index contributed by atoms with van der Waals surface area (Å²) in [4.78, 5) is 21.0. The fourth-order valence-corrected chi connectivity index (χ4v) is 4.02. The van der Waals surface area contributed by atoms with Crippen molar-refractivity contribution in [2.45, 2.75) is 45.1 Å². The molecule has 0 bridgehead atoms. The van der Waals surface area contributed by atoms with Crippen LogP contribution in [0.4, 0.5) is 0 Å². The number of hydrogen-bond acceptors (Lipinski definition) is 5. The Bertz CT molecular complexity index is 486. The second-order valence-corrected chi connectivity index (χ2v) is 8.28. The van der Waals surface area contributed by atoms with Crippen molar-refractivity contribution < 1.29 is 9.53 Å². The highest BCUT2D eigenvalue weighted by Crippen LogP contribution is 2.16. The molecule has 0 atom stereocenters. The first-order valence-corrected chi connectivity index (χ1v) is 11.3. The van der Waals surface area contributed by atoms with E-state index in [2.05, 4.69) is 37.7 Å². The number of nitrogens with zero attached hydrogens (tertiary/aromatic N) is 3. The third-order valence-corrected chi connectivity index (χ3v) is 5.97. The van der Waals surface area contributed by atoms with Crippen molar-refractivity contribution in [1.29, 1.82) is 0 Å². The molecule has 168 valence electrons. The van der Waals surface area contributed by atoms with Crippen LogP contribution in [-0.2, 0) is 9.53 Å². The summed E-state index contributed by atoms with van der Waals surface area (Å²) in [6.07, 6.45) is 5.52. The molecule has 3 N–H and O–H groups in total. The summed E-state index contributed by atoms with van der Waals surface area (Å²) in [5, 5.41) is 10.1. The molecule has 2 fully saturated rings. The first-order chi connectivity index (χ1) is 14.1. The normalized spacial score (nSPS) is 20.6. The second-order valence-electron chi connectivity index (χ2n) is 8.28. The van der Waals surface area contributed by atoms with Gasteiger partial charge >= 0.3 is 0 Å². The van der Waals surface area contributed by atoms with Crippen LogP contribution in [0.15, 0.2) is 4.99 Å². The summed E-state index contributed by atoms with van der Waals surface area (Å²) in [5.74, 6) is 1.76. The molecule has 0 aromatic rings. The van der Waals surface area contributed by atoms with Crippen LogP contribution in [0.5, 0.6) is 0 Å². The van der Waals surface area contributed by atoms with E-state index in [0.717, 1.165) is 77.6 Å². The zero-order valence-electron chi connectivity index (χ0n) is 18.7.